The van der Waals surface area contributed by atoms with Crippen LogP contribution in [0.4, 0.5) is 0 Å². The molecule has 14 heavy (non-hydrogen) atoms. The fourth-order valence-electron chi connectivity index (χ4n) is 1.09. The molecule has 0 atom stereocenters. The molecule has 0 N–H and O–H groups in total. The Balaban J connectivity index is 2.62. The minimum atomic E-state index is -0.293. The molecule has 0 fully saturated rings. The van der Waals surface area contributed by atoms with Gasteiger partial charge in [-0.15, -0.1) is 11.6 Å². The van der Waals surface area contributed by atoms with Gasteiger partial charge in [-0.2, -0.15) is 0 Å². The van der Waals surface area contributed by atoms with Crippen molar-refractivity contribution in [1.29, 1.82) is 0 Å². The number of Topliss-reactive ketones (excluding diaryl/α,β-unsaturated/α-hetero) is 1. The molecule has 0 aliphatic carbocycles. The summed E-state index contributed by atoms with van der Waals surface area (Å²) < 4.78 is 6.23. The lowest BCUT2D eigenvalue weighted by molar-refractivity contribution is 0.0986. The Morgan fingerprint density at radius 3 is 3.00 bits per heavy atom. The predicted molar refractivity (Wildman–Crippen MR) is 61.8 cm³/mol. The van der Waals surface area contributed by atoms with E-state index in [4.69, 9.17) is 16.0 Å². The maximum Gasteiger partial charge on any atom is 0.265 e. The Morgan fingerprint density at radius 1 is 1.57 bits per heavy atom. The zero-order valence-electron chi connectivity index (χ0n) is 6.96. The highest BCUT2D eigenvalue weighted by Crippen LogP contribution is 2.21. The van der Waals surface area contributed by atoms with Crippen LogP contribution in [0.3, 0.4) is 0 Å². The number of rotatable bonds is 2. The van der Waals surface area contributed by atoms with Crippen LogP contribution in [-0.2, 0) is 0 Å². The third-order valence-electron chi connectivity index (χ3n) is 1.73. The number of oxazole rings is 1. The van der Waals surface area contributed by atoms with Crippen LogP contribution in [0, 0.1) is 3.57 Å². The van der Waals surface area contributed by atoms with Crippen LogP contribution in [0.5, 0.6) is 0 Å². The normalized spacial score (nSPS) is 10.7. The maximum absolute atomic E-state index is 11.2. The van der Waals surface area contributed by atoms with Gasteiger partial charge in [-0.3, -0.25) is 4.79 Å². The Hall–Kier alpha value is -0.620. The van der Waals surface area contributed by atoms with Gasteiger partial charge >= 0.3 is 0 Å². The van der Waals surface area contributed by atoms with Gasteiger partial charge in [0.25, 0.3) is 5.89 Å². The molecule has 0 radical (unpaired) electrons. The van der Waals surface area contributed by atoms with Crippen molar-refractivity contribution in [3.8, 4) is 0 Å². The molecule has 2 rings (SSSR count). The van der Waals surface area contributed by atoms with Gasteiger partial charge in [0.05, 0.1) is 9.45 Å². The Labute approximate surface area is 98.6 Å². The van der Waals surface area contributed by atoms with Crippen molar-refractivity contribution in [2.75, 3.05) is 5.88 Å². The van der Waals surface area contributed by atoms with E-state index in [2.05, 4.69) is 27.6 Å². The van der Waals surface area contributed by atoms with Crippen LogP contribution in [0.1, 0.15) is 10.7 Å². The van der Waals surface area contributed by atoms with Crippen molar-refractivity contribution in [3.05, 3.63) is 27.7 Å². The first-order valence-electron chi connectivity index (χ1n) is 3.86. The van der Waals surface area contributed by atoms with E-state index < -0.39 is 0 Å². The molecule has 0 aliphatic rings. The SMILES string of the molecule is O=C(CCl)c1nc2cccc(I)c2o1. The monoisotopic (exact) mass is 321 g/mol. The molecule has 0 saturated heterocycles. The molecule has 0 saturated carbocycles. The van der Waals surface area contributed by atoms with Gasteiger partial charge in [-0.05, 0) is 34.7 Å². The van der Waals surface area contributed by atoms with E-state index in [0.29, 0.717) is 11.1 Å². The summed E-state index contributed by atoms with van der Waals surface area (Å²) >= 11 is 7.53. The van der Waals surface area contributed by atoms with Gasteiger partial charge in [-0.25, -0.2) is 4.98 Å². The lowest BCUT2D eigenvalue weighted by Gasteiger charge is -1.88. The molecule has 5 heteroatoms. The second kappa shape index (κ2) is 3.86. The quantitative estimate of drug-likeness (QED) is 0.485. The minimum Gasteiger partial charge on any atom is -0.433 e. The molecule has 72 valence electrons. The number of ketones is 1. The van der Waals surface area contributed by atoms with E-state index in [1.54, 1.807) is 6.07 Å². The van der Waals surface area contributed by atoms with E-state index in [1.807, 2.05) is 12.1 Å². The summed E-state index contributed by atoms with van der Waals surface area (Å²) in [6, 6.07) is 5.55. The van der Waals surface area contributed by atoms with E-state index in [9.17, 15) is 4.79 Å². The van der Waals surface area contributed by atoms with E-state index in [1.165, 1.54) is 0 Å². The fraction of sp³-hybridized carbons (Fsp3) is 0.111. The summed E-state index contributed by atoms with van der Waals surface area (Å²) in [5.74, 6) is -0.318. The van der Waals surface area contributed by atoms with E-state index in [-0.39, 0.29) is 17.6 Å². The molecular weight excluding hydrogens is 316 g/mol. The molecule has 1 aromatic carbocycles. The van der Waals surface area contributed by atoms with Crippen molar-refractivity contribution < 1.29 is 9.21 Å². The summed E-state index contributed by atoms with van der Waals surface area (Å²) in [6.07, 6.45) is 0. The van der Waals surface area contributed by atoms with Gasteiger partial charge in [-0.1, -0.05) is 6.07 Å². The number of alkyl halides is 1. The predicted octanol–water partition coefficient (Wildman–Crippen LogP) is 2.85. The van der Waals surface area contributed by atoms with Crippen LogP contribution in [-0.4, -0.2) is 16.6 Å². The Morgan fingerprint density at radius 2 is 2.36 bits per heavy atom. The number of halogens is 2. The lowest BCUT2D eigenvalue weighted by Crippen LogP contribution is -1.99. The first kappa shape index (κ1) is 9.92. The van der Waals surface area contributed by atoms with E-state index in [0.717, 1.165) is 3.57 Å². The number of carbonyl (C=O) groups is 1. The number of para-hydroxylation sites is 1. The van der Waals surface area contributed by atoms with Crippen molar-refractivity contribution >= 4 is 51.1 Å². The molecule has 0 amide bonds. The third-order valence-corrected chi connectivity index (χ3v) is 2.82. The molecular formula is C9H5ClINO2. The topological polar surface area (TPSA) is 43.1 Å². The van der Waals surface area contributed by atoms with E-state index >= 15 is 0 Å². The second-order valence-electron chi connectivity index (χ2n) is 2.66. The number of hydrogen-bond acceptors (Lipinski definition) is 3. The molecule has 2 aromatic rings. The molecule has 0 aliphatic heterocycles. The smallest absolute Gasteiger partial charge is 0.265 e. The first-order chi connectivity index (χ1) is 6.72. The summed E-state index contributed by atoms with van der Waals surface area (Å²) in [5.41, 5.74) is 1.33. The van der Waals surface area contributed by atoms with Crippen molar-refractivity contribution in [3.63, 3.8) is 0 Å². The maximum atomic E-state index is 11.2. The zero-order valence-corrected chi connectivity index (χ0v) is 9.87. The zero-order chi connectivity index (χ0) is 10.1. The van der Waals surface area contributed by atoms with Gasteiger partial charge < -0.3 is 4.42 Å². The number of carbonyl (C=O) groups excluding carboxylic acids is 1. The minimum absolute atomic E-state index is 0.0825. The summed E-state index contributed by atoms with van der Waals surface area (Å²) in [4.78, 5) is 15.2. The molecule has 0 unspecified atom stereocenters. The average molecular weight is 322 g/mol. The number of benzene rings is 1. The van der Waals surface area contributed by atoms with Gasteiger partial charge in [0.2, 0.25) is 5.78 Å². The highest BCUT2D eigenvalue weighted by molar-refractivity contribution is 14.1. The summed E-state index contributed by atoms with van der Waals surface area (Å²) in [7, 11) is 0. The number of hydrogen-bond donors (Lipinski definition) is 0. The summed E-state index contributed by atoms with van der Waals surface area (Å²) in [5, 5.41) is 0. The highest BCUT2D eigenvalue weighted by Gasteiger charge is 2.14. The Kier molecular flexibility index (Phi) is 2.73. The van der Waals surface area contributed by atoms with Crippen LogP contribution < -0.4 is 0 Å². The van der Waals surface area contributed by atoms with Crippen molar-refractivity contribution in [2.24, 2.45) is 0 Å². The molecule has 1 aromatic heterocycles. The van der Waals surface area contributed by atoms with Crippen LogP contribution in [0.15, 0.2) is 22.6 Å². The van der Waals surface area contributed by atoms with Gasteiger partial charge in [0, 0.05) is 0 Å². The number of fused-ring (bicyclic) bond motifs is 1. The summed E-state index contributed by atoms with van der Waals surface area (Å²) in [6.45, 7) is 0. The van der Waals surface area contributed by atoms with Crippen LogP contribution in [0.25, 0.3) is 11.1 Å². The molecule has 1 heterocycles. The van der Waals surface area contributed by atoms with Gasteiger partial charge in [0.1, 0.15) is 5.52 Å². The first-order valence-corrected chi connectivity index (χ1v) is 5.48. The lowest BCUT2D eigenvalue weighted by atomic mass is 10.3. The largest absolute Gasteiger partial charge is 0.433 e. The highest BCUT2D eigenvalue weighted by atomic mass is 127. The van der Waals surface area contributed by atoms with Crippen molar-refractivity contribution in [2.45, 2.75) is 0 Å². The van der Waals surface area contributed by atoms with Crippen LogP contribution in [0.2, 0.25) is 0 Å². The molecule has 3 nitrogen and oxygen atoms in total. The number of nitrogens with zero attached hydrogens (tertiary/aromatic N) is 1. The Bertz CT molecular complexity index is 495. The second-order valence-corrected chi connectivity index (χ2v) is 4.09. The van der Waals surface area contributed by atoms with Gasteiger partial charge in [0.15, 0.2) is 5.58 Å². The molecule has 0 bridgehead atoms. The average Bonchev–Trinajstić information content (AvgIpc) is 2.62. The standard InChI is InChI=1S/C9H5ClINO2/c10-4-7(13)9-12-6-3-1-2-5(11)8(6)14-9/h1-3H,4H2. The number of aromatic nitrogens is 1. The van der Waals surface area contributed by atoms with Crippen molar-refractivity contribution in [1.82, 2.24) is 4.98 Å². The molecule has 0 spiro atoms. The fourth-order valence-corrected chi connectivity index (χ4v) is 1.80. The third kappa shape index (κ3) is 1.64. The van der Waals surface area contributed by atoms with Crippen LogP contribution >= 0.6 is 34.2 Å².